The van der Waals surface area contributed by atoms with E-state index < -0.39 is 5.97 Å². The van der Waals surface area contributed by atoms with Crippen LogP contribution in [0.5, 0.6) is 5.75 Å². The molecular formula is C12H17NO3. The molecule has 88 valence electrons. The predicted molar refractivity (Wildman–Crippen MR) is 61.6 cm³/mol. The molecule has 4 nitrogen and oxygen atoms in total. The van der Waals surface area contributed by atoms with Crippen LogP contribution in [-0.2, 0) is 4.79 Å². The first-order chi connectivity index (χ1) is 7.63. The first-order valence-corrected chi connectivity index (χ1v) is 5.28. The molecule has 1 aromatic carbocycles. The summed E-state index contributed by atoms with van der Waals surface area (Å²) in [4.78, 5) is 10.7. The van der Waals surface area contributed by atoms with Crippen molar-refractivity contribution in [2.75, 3.05) is 13.6 Å². The molecule has 0 aliphatic heterocycles. The number of rotatable bonds is 6. The molecule has 1 aromatic rings. The summed E-state index contributed by atoms with van der Waals surface area (Å²) < 4.78 is 0. The van der Waals surface area contributed by atoms with Crippen molar-refractivity contribution in [3.05, 3.63) is 29.8 Å². The summed E-state index contributed by atoms with van der Waals surface area (Å²) in [6.45, 7) is 0.777. The summed E-state index contributed by atoms with van der Waals surface area (Å²) in [7, 11) is 1.84. The van der Waals surface area contributed by atoms with Crippen molar-refractivity contribution in [3.63, 3.8) is 0 Å². The minimum atomic E-state index is -0.797. The van der Waals surface area contributed by atoms with Gasteiger partial charge in [0.1, 0.15) is 5.75 Å². The number of aromatic hydroxyl groups is 1. The van der Waals surface area contributed by atoms with Crippen molar-refractivity contribution in [1.82, 2.24) is 5.32 Å². The predicted octanol–water partition coefficient (Wildman–Crippen LogP) is 1.56. The lowest BCUT2D eigenvalue weighted by molar-refractivity contribution is -0.137. The summed E-state index contributed by atoms with van der Waals surface area (Å²) in [6, 6.07) is 6.73. The Bertz CT molecular complexity index is 335. The second kappa shape index (κ2) is 6.12. The van der Waals surface area contributed by atoms with Crippen LogP contribution in [0.3, 0.4) is 0 Å². The Morgan fingerprint density at radius 2 is 2.00 bits per heavy atom. The SMILES string of the molecule is CNCC[C@H](CC(=O)O)c1ccc(O)cc1. The summed E-state index contributed by atoms with van der Waals surface area (Å²) >= 11 is 0. The molecular weight excluding hydrogens is 206 g/mol. The Kier molecular flexibility index (Phi) is 4.79. The van der Waals surface area contributed by atoms with Gasteiger partial charge >= 0.3 is 5.97 Å². The zero-order valence-corrected chi connectivity index (χ0v) is 9.31. The molecule has 3 N–H and O–H groups in total. The van der Waals surface area contributed by atoms with E-state index in [2.05, 4.69) is 5.32 Å². The minimum Gasteiger partial charge on any atom is -0.508 e. The third kappa shape index (κ3) is 3.90. The smallest absolute Gasteiger partial charge is 0.303 e. The molecule has 0 amide bonds. The van der Waals surface area contributed by atoms with E-state index >= 15 is 0 Å². The highest BCUT2D eigenvalue weighted by Crippen LogP contribution is 2.24. The maximum absolute atomic E-state index is 10.7. The van der Waals surface area contributed by atoms with Gasteiger partial charge in [0.05, 0.1) is 6.42 Å². The van der Waals surface area contributed by atoms with E-state index in [1.807, 2.05) is 7.05 Å². The van der Waals surface area contributed by atoms with Gasteiger partial charge in [-0.15, -0.1) is 0 Å². The Morgan fingerprint density at radius 1 is 1.38 bits per heavy atom. The average Bonchev–Trinajstić information content (AvgIpc) is 2.25. The van der Waals surface area contributed by atoms with E-state index in [0.717, 1.165) is 18.5 Å². The lowest BCUT2D eigenvalue weighted by atomic mass is 9.92. The van der Waals surface area contributed by atoms with E-state index in [1.165, 1.54) is 0 Å². The number of phenols is 1. The molecule has 0 heterocycles. The highest BCUT2D eigenvalue weighted by Gasteiger charge is 2.14. The molecule has 0 fully saturated rings. The second-order valence-electron chi connectivity index (χ2n) is 3.78. The van der Waals surface area contributed by atoms with Crippen molar-refractivity contribution in [2.45, 2.75) is 18.8 Å². The first kappa shape index (κ1) is 12.5. The van der Waals surface area contributed by atoms with Crippen LogP contribution in [0, 0.1) is 0 Å². The zero-order chi connectivity index (χ0) is 12.0. The molecule has 0 unspecified atom stereocenters. The Labute approximate surface area is 94.9 Å². The molecule has 0 bridgehead atoms. The highest BCUT2D eigenvalue weighted by atomic mass is 16.4. The van der Waals surface area contributed by atoms with E-state index in [1.54, 1.807) is 24.3 Å². The van der Waals surface area contributed by atoms with Gasteiger partial charge in [-0.3, -0.25) is 4.79 Å². The maximum atomic E-state index is 10.7. The third-order valence-corrected chi connectivity index (χ3v) is 2.53. The van der Waals surface area contributed by atoms with Crippen LogP contribution < -0.4 is 5.32 Å². The summed E-state index contributed by atoms with van der Waals surface area (Å²) in [6.07, 6.45) is 0.889. The van der Waals surface area contributed by atoms with Crippen LogP contribution in [0.4, 0.5) is 0 Å². The first-order valence-electron chi connectivity index (χ1n) is 5.28. The van der Waals surface area contributed by atoms with Crippen molar-refractivity contribution in [2.24, 2.45) is 0 Å². The number of carbonyl (C=O) groups is 1. The van der Waals surface area contributed by atoms with E-state index in [9.17, 15) is 4.79 Å². The van der Waals surface area contributed by atoms with Crippen LogP contribution in [0.2, 0.25) is 0 Å². The van der Waals surface area contributed by atoms with Gasteiger partial charge in [0, 0.05) is 0 Å². The average molecular weight is 223 g/mol. The monoisotopic (exact) mass is 223 g/mol. The van der Waals surface area contributed by atoms with Gasteiger partial charge in [0.2, 0.25) is 0 Å². The number of hydrogen-bond acceptors (Lipinski definition) is 3. The Balaban J connectivity index is 2.74. The molecule has 0 aliphatic carbocycles. The number of benzene rings is 1. The highest BCUT2D eigenvalue weighted by molar-refractivity contribution is 5.68. The lowest BCUT2D eigenvalue weighted by Gasteiger charge is -2.15. The van der Waals surface area contributed by atoms with Gasteiger partial charge in [-0.25, -0.2) is 0 Å². The third-order valence-electron chi connectivity index (χ3n) is 2.53. The minimum absolute atomic E-state index is 0.00875. The van der Waals surface area contributed by atoms with Gasteiger partial charge in [0.25, 0.3) is 0 Å². The van der Waals surface area contributed by atoms with Crippen LogP contribution in [0.15, 0.2) is 24.3 Å². The number of carboxylic acid groups (broad SMARTS) is 1. The van der Waals surface area contributed by atoms with Crippen molar-refractivity contribution in [3.8, 4) is 5.75 Å². The molecule has 0 radical (unpaired) electrons. The van der Waals surface area contributed by atoms with Crippen LogP contribution in [-0.4, -0.2) is 29.8 Å². The van der Waals surface area contributed by atoms with Gasteiger partial charge < -0.3 is 15.5 Å². The van der Waals surface area contributed by atoms with E-state index in [4.69, 9.17) is 10.2 Å². The fraction of sp³-hybridized carbons (Fsp3) is 0.417. The lowest BCUT2D eigenvalue weighted by Crippen LogP contribution is -2.14. The normalized spacial score (nSPS) is 12.3. The van der Waals surface area contributed by atoms with Gasteiger partial charge in [-0.1, -0.05) is 12.1 Å². The number of aliphatic carboxylic acids is 1. The quantitative estimate of drug-likeness (QED) is 0.684. The second-order valence-corrected chi connectivity index (χ2v) is 3.78. The van der Waals surface area contributed by atoms with E-state index in [-0.39, 0.29) is 18.1 Å². The topological polar surface area (TPSA) is 69.6 Å². The molecule has 16 heavy (non-hydrogen) atoms. The molecule has 0 saturated heterocycles. The number of phenolic OH excluding ortho intramolecular Hbond substituents is 1. The molecule has 4 heteroatoms. The van der Waals surface area contributed by atoms with E-state index in [0.29, 0.717) is 0 Å². The molecule has 1 atom stereocenters. The van der Waals surface area contributed by atoms with Gasteiger partial charge in [-0.05, 0) is 43.6 Å². The van der Waals surface area contributed by atoms with Crippen molar-refractivity contribution >= 4 is 5.97 Å². The van der Waals surface area contributed by atoms with Gasteiger partial charge in [0.15, 0.2) is 0 Å². The maximum Gasteiger partial charge on any atom is 0.303 e. The molecule has 0 saturated carbocycles. The van der Waals surface area contributed by atoms with Gasteiger partial charge in [-0.2, -0.15) is 0 Å². The largest absolute Gasteiger partial charge is 0.508 e. The molecule has 0 aromatic heterocycles. The van der Waals surface area contributed by atoms with Crippen molar-refractivity contribution in [1.29, 1.82) is 0 Å². The van der Waals surface area contributed by atoms with Crippen LogP contribution in [0.25, 0.3) is 0 Å². The number of nitrogens with one attached hydrogen (secondary N) is 1. The summed E-state index contributed by atoms with van der Waals surface area (Å²) in [5, 5.41) is 21.0. The molecule has 1 rings (SSSR count). The summed E-state index contributed by atoms with van der Waals surface area (Å²) in [5.74, 6) is -0.605. The standard InChI is InChI=1S/C12H17NO3/c1-13-7-6-10(8-12(15)16)9-2-4-11(14)5-3-9/h2-5,10,13-14H,6-8H2,1H3,(H,15,16)/t10-/m1/s1. The number of hydrogen-bond donors (Lipinski definition) is 3. The van der Waals surface area contributed by atoms with Crippen LogP contribution in [0.1, 0.15) is 24.3 Å². The number of carboxylic acids is 1. The van der Waals surface area contributed by atoms with Crippen LogP contribution >= 0.6 is 0 Å². The molecule has 0 spiro atoms. The summed E-state index contributed by atoms with van der Waals surface area (Å²) in [5.41, 5.74) is 0.954. The van der Waals surface area contributed by atoms with Crippen molar-refractivity contribution < 1.29 is 15.0 Å². The fourth-order valence-corrected chi connectivity index (χ4v) is 1.66. The zero-order valence-electron chi connectivity index (χ0n) is 9.31. The molecule has 0 aliphatic rings. The Hall–Kier alpha value is -1.55. The Morgan fingerprint density at radius 3 is 2.50 bits per heavy atom. The fourth-order valence-electron chi connectivity index (χ4n) is 1.66.